The van der Waals surface area contributed by atoms with Gasteiger partial charge < -0.3 is 9.32 Å². The second kappa shape index (κ2) is 11.5. The molecule has 0 aliphatic carbocycles. The van der Waals surface area contributed by atoms with Gasteiger partial charge in [0.05, 0.1) is 0 Å². The maximum Gasteiger partial charge on any atom is 0.135 e. The topological polar surface area (TPSA) is 16.4 Å². The molecule has 50 heavy (non-hydrogen) atoms. The standard InChI is InChI=1S/C48H31NO/c1-2-10-32(11-3-1)35-13-8-14-36(28-35)37-15-9-16-38(29-37)49(40-24-27-48-46(31-40)44-18-6-7-19-47(44)50-48)39-23-20-34-22-25-42-41-17-5-4-12-33(41)21-26-43(42)45(34)30-39/h1-31H. The van der Waals surface area contributed by atoms with Crippen LogP contribution in [0.15, 0.2) is 192 Å². The summed E-state index contributed by atoms with van der Waals surface area (Å²) in [5, 5.41) is 9.73. The van der Waals surface area contributed by atoms with Crippen molar-refractivity contribution in [2.24, 2.45) is 0 Å². The Morgan fingerprint density at radius 3 is 1.66 bits per heavy atom. The minimum Gasteiger partial charge on any atom is -0.456 e. The number of benzene rings is 9. The van der Waals surface area contributed by atoms with Gasteiger partial charge in [-0.1, -0.05) is 133 Å². The molecule has 0 saturated heterocycles. The monoisotopic (exact) mass is 637 g/mol. The van der Waals surface area contributed by atoms with Crippen molar-refractivity contribution in [2.75, 3.05) is 4.90 Å². The quantitative estimate of drug-likeness (QED) is 0.175. The van der Waals surface area contributed by atoms with Crippen molar-refractivity contribution in [3.05, 3.63) is 188 Å². The maximum absolute atomic E-state index is 6.25. The van der Waals surface area contributed by atoms with Crippen LogP contribution in [0.2, 0.25) is 0 Å². The molecule has 2 heteroatoms. The number of para-hydroxylation sites is 1. The summed E-state index contributed by atoms with van der Waals surface area (Å²) < 4.78 is 6.25. The Morgan fingerprint density at radius 1 is 0.280 bits per heavy atom. The van der Waals surface area contributed by atoms with Crippen LogP contribution in [0, 0.1) is 0 Å². The Kier molecular flexibility index (Phi) is 6.53. The number of anilines is 3. The van der Waals surface area contributed by atoms with Crippen LogP contribution in [0.3, 0.4) is 0 Å². The Bertz CT molecular complexity index is 2880. The predicted octanol–water partition coefficient (Wildman–Crippen LogP) is 13.8. The summed E-state index contributed by atoms with van der Waals surface area (Å²) in [6.45, 7) is 0. The van der Waals surface area contributed by atoms with E-state index in [9.17, 15) is 0 Å². The first kappa shape index (κ1) is 28.4. The highest BCUT2D eigenvalue weighted by molar-refractivity contribution is 6.18. The van der Waals surface area contributed by atoms with Crippen molar-refractivity contribution in [1.82, 2.24) is 0 Å². The van der Waals surface area contributed by atoms with Gasteiger partial charge in [-0.25, -0.2) is 0 Å². The van der Waals surface area contributed by atoms with E-state index in [-0.39, 0.29) is 0 Å². The first-order valence-electron chi connectivity index (χ1n) is 17.1. The van der Waals surface area contributed by atoms with Crippen LogP contribution in [0.1, 0.15) is 0 Å². The second-order valence-electron chi connectivity index (χ2n) is 13.0. The van der Waals surface area contributed by atoms with Crippen LogP contribution >= 0.6 is 0 Å². The van der Waals surface area contributed by atoms with Crippen molar-refractivity contribution in [2.45, 2.75) is 0 Å². The van der Waals surface area contributed by atoms with Crippen LogP contribution in [-0.2, 0) is 0 Å². The Morgan fingerprint density at radius 2 is 0.820 bits per heavy atom. The molecule has 0 spiro atoms. The normalized spacial score (nSPS) is 11.6. The molecule has 0 N–H and O–H groups in total. The smallest absolute Gasteiger partial charge is 0.135 e. The molecular weight excluding hydrogens is 607 g/mol. The van der Waals surface area contributed by atoms with Crippen LogP contribution in [0.25, 0.3) is 76.5 Å². The zero-order valence-electron chi connectivity index (χ0n) is 27.3. The molecule has 0 saturated carbocycles. The Balaban J connectivity index is 1.18. The van der Waals surface area contributed by atoms with Gasteiger partial charge >= 0.3 is 0 Å². The predicted molar refractivity (Wildman–Crippen MR) is 212 cm³/mol. The van der Waals surface area contributed by atoms with E-state index < -0.39 is 0 Å². The largest absolute Gasteiger partial charge is 0.456 e. The van der Waals surface area contributed by atoms with Crippen molar-refractivity contribution in [3.63, 3.8) is 0 Å². The number of hydrogen-bond acceptors (Lipinski definition) is 2. The zero-order valence-corrected chi connectivity index (χ0v) is 27.3. The molecular formula is C48H31NO. The fourth-order valence-corrected chi connectivity index (χ4v) is 7.58. The first-order valence-corrected chi connectivity index (χ1v) is 17.1. The summed E-state index contributed by atoms with van der Waals surface area (Å²) in [6.07, 6.45) is 0. The van der Waals surface area contributed by atoms with Crippen LogP contribution in [-0.4, -0.2) is 0 Å². The maximum atomic E-state index is 6.25. The minimum atomic E-state index is 0.887. The number of rotatable bonds is 5. The van der Waals surface area contributed by atoms with Crippen LogP contribution < -0.4 is 4.90 Å². The van der Waals surface area contributed by atoms with Gasteiger partial charge in [0.2, 0.25) is 0 Å². The van der Waals surface area contributed by atoms with E-state index in [0.29, 0.717) is 0 Å². The average molecular weight is 638 g/mol. The van der Waals surface area contributed by atoms with Gasteiger partial charge in [0.1, 0.15) is 11.2 Å². The van der Waals surface area contributed by atoms with Crippen molar-refractivity contribution >= 4 is 71.3 Å². The molecule has 0 unspecified atom stereocenters. The fraction of sp³-hybridized carbons (Fsp3) is 0. The number of fused-ring (bicyclic) bond motifs is 8. The highest BCUT2D eigenvalue weighted by Gasteiger charge is 2.18. The van der Waals surface area contributed by atoms with Gasteiger partial charge in [-0.2, -0.15) is 0 Å². The summed E-state index contributed by atoms with van der Waals surface area (Å²) in [4.78, 5) is 2.38. The lowest BCUT2D eigenvalue weighted by molar-refractivity contribution is 0.669. The molecule has 0 fully saturated rings. The lowest BCUT2D eigenvalue weighted by Gasteiger charge is -2.26. The fourth-order valence-electron chi connectivity index (χ4n) is 7.58. The SMILES string of the molecule is c1ccc(-c2cccc(-c3cccc(N(c4ccc5ccc6c7ccccc7ccc6c5c4)c4ccc5oc6ccccc6c5c4)c3)c2)cc1. The van der Waals surface area contributed by atoms with Gasteiger partial charge in [-0.15, -0.1) is 0 Å². The molecule has 0 atom stereocenters. The number of hydrogen-bond donors (Lipinski definition) is 0. The molecule has 234 valence electrons. The number of furan rings is 1. The summed E-state index contributed by atoms with van der Waals surface area (Å²) in [7, 11) is 0. The summed E-state index contributed by atoms with van der Waals surface area (Å²) in [5.74, 6) is 0. The van der Waals surface area contributed by atoms with Gasteiger partial charge in [0.25, 0.3) is 0 Å². The number of nitrogens with zero attached hydrogens (tertiary/aromatic N) is 1. The molecule has 0 radical (unpaired) electrons. The van der Waals surface area contributed by atoms with Crippen LogP contribution in [0.5, 0.6) is 0 Å². The molecule has 1 heterocycles. The van der Waals surface area contributed by atoms with Gasteiger partial charge in [-0.05, 0) is 109 Å². The van der Waals surface area contributed by atoms with E-state index in [4.69, 9.17) is 4.42 Å². The third kappa shape index (κ3) is 4.73. The molecule has 10 aromatic rings. The molecule has 2 nitrogen and oxygen atoms in total. The van der Waals surface area contributed by atoms with Crippen molar-refractivity contribution in [3.8, 4) is 22.3 Å². The third-order valence-electron chi connectivity index (χ3n) is 10.0. The molecule has 0 amide bonds. The lowest BCUT2D eigenvalue weighted by atomic mass is 9.96. The van der Waals surface area contributed by atoms with E-state index in [1.54, 1.807) is 0 Å². The van der Waals surface area contributed by atoms with Crippen molar-refractivity contribution < 1.29 is 4.42 Å². The minimum absolute atomic E-state index is 0.887. The Labute approximate surface area is 290 Å². The van der Waals surface area contributed by atoms with Gasteiger partial charge in [-0.3, -0.25) is 0 Å². The highest BCUT2D eigenvalue weighted by atomic mass is 16.3. The summed E-state index contributed by atoms with van der Waals surface area (Å²) in [6, 6.07) is 67.7. The van der Waals surface area contributed by atoms with E-state index in [2.05, 4.69) is 181 Å². The molecule has 9 aromatic carbocycles. The summed E-state index contributed by atoms with van der Waals surface area (Å²) in [5.41, 5.74) is 9.81. The lowest BCUT2D eigenvalue weighted by Crippen LogP contribution is -2.10. The van der Waals surface area contributed by atoms with Gasteiger partial charge in [0.15, 0.2) is 0 Å². The molecule has 10 rings (SSSR count). The summed E-state index contributed by atoms with van der Waals surface area (Å²) >= 11 is 0. The molecule has 1 aromatic heterocycles. The first-order chi connectivity index (χ1) is 24.8. The molecule has 0 bridgehead atoms. The molecule has 0 aliphatic heterocycles. The van der Waals surface area contributed by atoms with E-state index in [0.717, 1.165) is 44.6 Å². The average Bonchev–Trinajstić information content (AvgIpc) is 3.56. The van der Waals surface area contributed by atoms with Gasteiger partial charge in [0, 0.05) is 27.8 Å². The van der Waals surface area contributed by atoms with E-state index in [1.807, 2.05) is 12.1 Å². The second-order valence-corrected chi connectivity index (χ2v) is 13.0. The zero-order chi connectivity index (χ0) is 33.0. The molecule has 0 aliphatic rings. The van der Waals surface area contributed by atoms with Crippen molar-refractivity contribution in [1.29, 1.82) is 0 Å². The highest BCUT2D eigenvalue weighted by Crippen LogP contribution is 2.42. The Hall–Kier alpha value is -6.64. The third-order valence-corrected chi connectivity index (χ3v) is 10.0. The van der Waals surface area contributed by atoms with E-state index in [1.165, 1.54) is 49.0 Å². The van der Waals surface area contributed by atoms with Crippen LogP contribution in [0.4, 0.5) is 17.1 Å². The van der Waals surface area contributed by atoms with E-state index >= 15 is 0 Å².